The van der Waals surface area contributed by atoms with Crippen molar-refractivity contribution in [3.05, 3.63) is 0 Å². The smallest absolute Gasteiger partial charge is 0.0897 e. The van der Waals surface area contributed by atoms with E-state index >= 15 is 0 Å². The van der Waals surface area contributed by atoms with Gasteiger partial charge in [0.15, 0.2) is 0 Å². The molecule has 3 nitrogen and oxygen atoms in total. The third-order valence-corrected chi connectivity index (χ3v) is 3.26. The van der Waals surface area contributed by atoms with Crippen molar-refractivity contribution in [3.63, 3.8) is 0 Å². The Morgan fingerprint density at radius 3 is 1.29 bits per heavy atom. The van der Waals surface area contributed by atoms with Crippen LogP contribution in [0.4, 0.5) is 0 Å². The lowest BCUT2D eigenvalue weighted by molar-refractivity contribution is -0.868. The fourth-order valence-corrected chi connectivity index (χ4v) is 2.56. The highest BCUT2D eigenvalue weighted by molar-refractivity contribution is 7.85. The molecule has 0 aromatic heterocycles. The molecular formula is C10H26N2OS+2. The summed E-state index contributed by atoms with van der Waals surface area (Å²) in [5, 5.41) is 0. The van der Waals surface area contributed by atoms with Crippen LogP contribution < -0.4 is 0 Å². The second-order valence-electron chi connectivity index (χ2n) is 5.88. The molecule has 0 heterocycles. The lowest BCUT2D eigenvalue weighted by Crippen LogP contribution is -2.40. The highest BCUT2D eigenvalue weighted by Crippen LogP contribution is 1.95. The van der Waals surface area contributed by atoms with Crippen molar-refractivity contribution < 1.29 is 13.2 Å². The Labute approximate surface area is 91.3 Å². The summed E-state index contributed by atoms with van der Waals surface area (Å²) in [7, 11) is 12.2. The summed E-state index contributed by atoms with van der Waals surface area (Å²) in [5.41, 5.74) is 0. The lowest BCUT2D eigenvalue weighted by atomic mass is 10.6. The Bertz CT molecular complexity index is 171. The summed E-state index contributed by atoms with van der Waals surface area (Å²) >= 11 is 0. The highest BCUT2D eigenvalue weighted by atomic mass is 32.2. The molecule has 0 fully saturated rings. The summed E-state index contributed by atoms with van der Waals surface area (Å²) in [6.07, 6.45) is 0. The summed E-state index contributed by atoms with van der Waals surface area (Å²) in [6, 6.07) is 0. The van der Waals surface area contributed by atoms with Gasteiger partial charge in [-0.15, -0.1) is 0 Å². The fourth-order valence-electron chi connectivity index (χ4n) is 0.853. The third-order valence-electron chi connectivity index (χ3n) is 1.98. The first-order chi connectivity index (χ1) is 6.10. The quantitative estimate of drug-likeness (QED) is 0.585. The second-order valence-corrected chi connectivity index (χ2v) is 7.57. The Morgan fingerprint density at radius 1 is 0.786 bits per heavy atom. The molecule has 0 bridgehead atoms. The van der Waals surface area contributed by atoms with Gasteiger partial charge in [-0.3, -0.25) is 4.21 Å². The Morgan fingerprint density at radius 2 is 1.07 bits per heavy atom. The van der Waals surface area contributed by atoms with Crippen molar-refractivity contribution in [3.8, 4) is 0 Å². The van der Waals surface area contributed by atoms with Crippen molar-refractivity contribution in [2.24, 2.45) is 0 Å². The van der Waals surface area contributed by atoms with Crippen LogP contribution in [0.25, 0.3) is 0 Å². The summed E-state index contributed by atoms with van der Waals surface area (Å²) in [4.78, 5) is 0. The van der Waals surface area contributed by atoms with Crippen molar-refractivity contribution in [2.45, 2.75) is 0 Å². The number of hydrogen-bond donors (Lipinski definition) is 0. The standard InChI is InChI=1S/C10H26N2OS/c1-11(2,3)7-9-14(13)10-8-12(4,5)6/h7-10H2,1-6H3/q+2. The van der Waals surface area contributed by atoms with Crippen LogP contribution in [-0.2, 0) is 10.8 Å². The fraction of sp³-hybridized carbons (Fsp3) is 1.00. The van der Waals surface area contributed by atoms with Gasteiger partial charge < -0.3 is 8.97 Å². The van der Waals surface area contributed by atoms with E-state index in [0.29, 0.717) is 0 Å². The maximum Gasteiger partial charge on any atom is 0.0897 e. The van der Waals surface area contributed by atoms with Crippen LogP contribution in [0.15, 0.2) is 0 Å². The minimum Gasteiger partial charge on any atom is -0.330 e. The largest absolute Gasteiger partial charge is 0.330 e. The zero-order valence-corrected chi connectivity index (χ0v) is 11.4. The van der Waals surface area contributed by atoms with Crippen molar-refractivity contribution in [1.82, 2.24) is 0 Å². The normalized spacial score (nSPS) is 13.6. The first kappa shape index (κ1) is 14.1. The molecule has 4 heteroatoms. The molecule has 0 saturated heterocycles. The molecular weight excluding hydrogens is 196 g/mol. The minimum absolute atomic E-state index is 0.644. The van der Waals surface area contributed by atoms with E-state index in [1.165, 1.54) is 0 Å². The molecule has 0 rings (SSSR count). The first-order valence-electron chi connectivity index (χ1n) is 5.06. The topological polar surface area (TPSA) is 17.1 Å². The van der Waals surface area contributed by atoms with E-state index < -0.39 is 10.8 Å². The van der Waals surface area contributed by atoms with Crippen LogP contribution in [-0.4, -0.2) is 80.1 Å². The van der Waals surface area contributed by atoms with Crippen LogP contribution in [0.5, 0.6) is 0 Å². The van der Waals surface area contributed by atoms with Crippen LogP contribution >= 0.6 is 0 Å². The average Bonchev–Trinajstić information content (AvgIpc) is 1.94. The lowest BCUT2D eigenvalue weighted by Gasteiger charge is -2.25. The molecule has 0 spiro atoms. The van der Waals surface area contributed by atoms with E-state index in [1.807, 2.05) is 0 Å². The molecule has 0 aliphatic rings. The zero-order valence-electron chi connectivity index (χ0n) is 10.5. The Balaban J connectivity index is 3.68. The van der Waals surface area contributed by atoms with E-state index in [1.54, 1.807) is 0 Å². The van der Waals surface area contributed by atoms with Gasteiger partial charge in [0.1, 0.15) is 0 Å². The molecule has 0 amide bonds. The molecule has 0 aromatic rings. The van der Waals surface area contributed by atoms with Crippen LogP contribution in [0.1, 0.15) is 0 Å². The summed E-state index contributed by atoms with van der Waals surface area (Å²) < 4.78 is 13.4. The highest BCUT2D eigenvalue weighted by Gasteiger charge is 2.13. The van der Waals surface area contributed by atoms with Crippen molar-refractivity contribution >= 4 is 10.8 Å². The predicted molar refractivity (Wildman–Crippen MR) is 63.7 cm³/mol. The number of hydrogen-bond acceptors (Lipinski definition) is 1. The SMILES string of the molecule is C[N+](C)(C)CCS(=O)CC[N+](C)(C)C. The van der Waals surface area contributed by atoms with Crippen LogP contribution in [0.3, 0.4) is 0 Å². The molecule has 0 N–H and O–H groups in total. The van der Waals surface area contributed by atoms with Gasteiger partial charge in [0, 0.05) is 10.8 Å². The molecule has 14 heavy (non-hydrogen) atoms. The minimum atomic E-state index is -0.644. The maximum absolute atomic E-state index is 11.6. The molecule has 0 aliphatic heterocycles. The van der Waals surface area contributed by atoms with Crippen LogP contribution in [0, 0.1) is 0 Å². The number of rotatable bonds is 6. The maximum atomic E-state index is 11.6. The third kappa shape index (κ3) is 10.2. The Hall–Kier alpha value is 0.0700. The van der Waals surface area contributed by atoms with Crippen molar-refractivity contribution in [2.75, 3.05) is 66.9 Å². The van der Waals surface area contributed by atoms with Gasteiger partial charge in [-0.25, -0.2) is 0 Å². The molecule has 0 unspecified atom stereocenters. The van der Waals surface area contributed by atoms with Gasteiger partial charge in [0.05, 0.1) is 66.9 Å². The first-order valence-corrected chi connectivity index (χ1v) is 6.55. The number of nitrogens with zero attached hydrogens (tertiary/aromatic N) is 2. The molecule has 0 radical (unpaired) electrons. The Kier molecular flexibility index (Phi) is 5.26. The van der Waals surface area contributed by atoms with E-state index in [2.05, 4.69) is 42.3 Å². The van der Waals surface area contributed by atoms with E-state index in [-0.39, 0.29) is 0 Å². The second kappa shape index (κ2) is 5.24. The van der Waals surface area contributed by atoms with Gasteiger partial charge >= 0.3 is 0 Å². The zero-order chi connectivity index (χ0) is 11.4. The van der Waals surface area contributed by atoms with Gasteiger partial charge in [-0.1, -0.05) is 0 Å². The van der Waals surface area contributed by atoms with Gasteiger partial charge in [0.25, 0.3) is 0 Å². The van der Waals surface area contributed by atoms with E-state index in [9.17, 15) is 4.21 Å². The molecule has 0 saturated carbocycles. The molecule has 0 atom stereocenters. The molecule has 86 valence electrons. The molecule has 0 aromatic carbocycles. The molecule has 0 aliphatic carbocycles. The van der Waals surface area contributed by atoms with Gasteiger partial charge in [-0.05, 0) is 0 Å². The summed E-state index contributed by atoms with van der Waals surface area (Å²) in [5.74, 6) is 1.65. The van der Waals surface area contributed by atoms with Crippen molar-refractivity contribution in [1.29, 1.82) is 0 Å². The van der Waals surface area contributed by atoms with E-state index in [0.717, 1.165) is 33.6 Å². The van der Waals surface area contributed by atoms with Gasteiger partial charge in [0.2, 0.25) is 0 Å². The average molecular weight is 222 g/mol. The van der Waals surface area contributed by atoms with Crippen LogP contribution in [0.2, 0.25) is 0 Å². The summed E-state index contributed by atoms with van der Waals surface area (Å²) in [6.45, 7) is 1.98. The van der Waals surface area contributed by atoms with Gasteiger partial charge in [-0.2, -0.15) is 0 Å². The van der Waals surface area contributed by atoms with E-state index in [4.69, 9.17) is 0 Å². The predicted octanol–water partition coefficient (Wildman–Crippen LogP) is 0.148. The monoisotopic (exact) mass is 222 g/mol. The number of quaternary nitrogens is 2.